The normalized spacial score (nSPS) is 28.4. The summed E-state index contributed by atoms with van der Waals surface area (Å²) in [7, 11) is 0. The Balaban J connectivity index is 2.19. The summed E-state index contributed by atoms with van der Waals surface area (Å²) in [5.41, 5.74) is 1.26. The molecule has 1 saturated carbocycles. The summed E-state index contributed by atoms with van der Waals surface area (Å²) in [4.78, 5) is 0. The first-order valence-corrected chi connectivity index (χ1v) is 7.77. The van der Waals surface area contributed by atoms with Crippen LogP contribution < -0.4 is 0 Å². The summed E-state index contributed by atoms with van der Waals surface area (Å²) in [5.74, 6) is 0.724. The maximum Gasteiger partial charge on any atom is 0.0848 e. The van der Waals surface area contributed by atoms with E-state index in [-0.39, 0.29) is 0 Å². The fraction of sp³-hybridized carbons (Fsp3) is 0.800. The molecule has 0 aromatic carbocycles. The Hall–Kier alpha value is -0.540. The molecule has 0 saturated heterocycles. The molecule has 2 atom stereocenters. The lowest BCUT2D eigenvalue weighted by molar-refractivity contribution is 0.0225. The third kappa shape index (κ3) is 3.32. The van der Waals surface area contributed by atoms with Crippen LogP contribution in [0.5, 0.6) is 0 Å². The zero-order chi connectivity index (χ0) is 14.0. The summed E-state index contributed by atoms with van der Waals surface area (Å²) < 4.78 is 1.93. The third-order valence-corrected chi connectivity index (χ3v) is 4.88. The van der Waals surface area contributed by atoms with Crippen molar-refractivity contribution in [3.05, 3.63) is 16.4 Å². The molecule has 4 heteroatoms. The van der Waals surface area contributed by atoms with Gasteiger partial charge >= 0.3 is 0 Å². The van der Waals surface area contributed by atoms with Gasteiger partial charge in [0.1, 0.15) is 0 Å². The van der Waals surface area contributed by atoms with Gasteiger partial charge in [-0.25, -0.2) is 0 Å². The Morgan fingerprint density at radius 1 is 1.42 bits per heavy atom. The summed E-state index contributed by atoms with van der Waals surface area (Å²) >= 11 is 6.35. The second-order valence-corrected chi connectivity index (χ2v) is 6.48. The molecule has 108 valence electrons. The highest BCUT2D eigenvalue weighted by atomic mass is 35.5. The number of halogens is 1. The summed E-state index contributed by atoms with van der Waals surface area (Å²) in [6.45, 7) is 7.07. The predicted octanol–water partition coefficient (Wildman–Crippen LogP) is 3.74. The fourth-order valence-electron chi connectivity index (χ4n) is 3.09. The van der Waals surface area contributed by atoms with Gasteiger partial charge in [0.25, 0.3) is 0 Å². The Morgan fingerprint density at radius 2 is 2.16 bits per heavy atom. The Bertz CT molecular complexity index is 444. The highest BCUT2D eigenvalue weighted by Gasteiger charge is 2.32. The van der Waals surface area contributed by atoms with Gasteiger partial charge < -0.3 is 5.11 Å². The minimum atomic E-state index is -0.603. The molecular weight excluding hydrogens is 260 g/mol. The lowest BCUT2D eigenvalue weighted by Gasteiger charge is -2.27. The van der Waals surface area contributed by atoms with Crippen molar-refractivity contribution in [3.63, 3.8) is 0 Å². The molecule has 0 bridgehead atoms. The van der Waals surface area contributed by atoms with Gasteiger partial charge in [-0.2, -0.15) is 5.10 Å². The van der Waals surface area contributed by atoms with E-state index in [2.05, 4.69) is 18.9 Å². The number of aromatic nitrogens is 2. The standard InChI is InChI=1S/C15H25ClN2O/c1-4-18-13(14(16)12(3)17-18)10-15(19)8-5-6-11(2)7-9-15/h11,19H,4-10H2,1-3H3. The maximum atomic E-state index is 10.9. The molecule has 2 rings (SSSR count). The van der Waals surface area contributed by atoms with E-state index in [9.17, 15) is 5.11 Å². The Kier molecular flexibility index (Phi) is 4.57. The predicted molar refractivity (Wildman–Crippen MR) is 78.6 cm³/mol. The zero-order valence-corrected chi connectivity index (χ0v) is 13.0. The van der Waals surface area contributed by atoms with Gasteiger partial charge in [-0.05, 0) is 39.0 Å². The van der Waals surface area contributed by atoms with Crippen molar-refractivity contribution in [3.8, 4) is 0 Å². The highest BCUT2D eigenvalue weighted by molar-refractivity contribution is 6.31. The van der Waals surface area contributed by atoms with E-state index < -0.39 is 5.60 Å². The second-order valence-electron chi connectivity index (χ2n) is 6.10. The smallest absolute Gasteiger partial charge is 0.0848 e. The first-order chi connectivity index (χ1) is 8.95. The zero-order valence-electron chi connectivity index (χ0n) is 12.2. The Labute approximate surface area is 121 Å². The molecule has 1 heterocycles. The van der Waals surface area contributed by atoms with Crippen molar-refractivity contribution in [1.82, 2.24) is 9.78 Å². The van der Waals surface area contributed by atoms with Crippen LogP contribution in [0.3, 0.4) is 0 Å². The lowest BCUT2D eigenvalue weighted by atomic mass is 9.89. The molecule has 1 aromatic heterocycles. The minimum Gasteiger partial charge on any atom is -0.389 e. The van der Waals surface area contributed by atoms with Gasteiger partial charge in [-0.1, -0.05) is 31.4 Å². The molecule has 1 aliphatic rings. The van der Waals surface area contributed by atoms with Crippen LogP contribution in [0.1, 0.15) is 57.3 Å². The molecule has 1 fully saturated rings. The van der Waals surface area contributed by atoms with Crippen LogP contribution in [0.15, 0.2) is 0 Å². The number of aliphatic hydroxyl groups is 1. The van der Waals surface area contributed by atoms with Crippen LogP contribution >= 0.6 is 11.6 Å². The SMILES string of the molecule is CCn1nc(C)c(Cl)c1CC1(O)CCCC(C)CC1. The molecule has 1 aliphatic carbocycles. The molecule has 0 aliphatic heterocycles. The maximum absolute atomic E-state index is 10.9. The third-order valence-electron chi connectivity index (χ3n) is 4.39. The van der Waals surface area contributed by atoms with Gasteiger partial charge in [0, 0.05) is 13.0 Å². The van der Waals surface area contributed by atoms with Crippen molar-refractivity contribution in [1.29, 1.82) is 0 Å². The molecule has 1 aromatic rings. The first-order valence-electron chi connectivity index (χ1n) is 7.39. The van der Waals surface area contributed by atoms with E-state index >= 15 is 0 Å². The lowest BCUT2D eigenvalue weighted by Crippen LogP contribution is -2.32. The molecule has 0 amide bonds. The summed E-state index contributed by atoms with van der Waals surface area (Å²) in [6, 6.07) is 0. The fourth-order valence-corrected chi connectivity index (χ4v) is 3.29. The van der Waals surface area contributed by atoms with Gasteiger partial charge in [0.05, 0.1) is 22.0 Å². The van der Waals surface area contributed by atoms with Crippen LogP contribution in [-0.2, 0) is 13.0 Å². The van der Waals surface area contributed by atoms with E-state index in [1.54, 1.807) is 0 Å². The number of nitrogens with zero attached hydrogens (tertiary/aromatic N) is 2. The van der Waals surface area contributed by atoms with Crippen LogP contribution in [-0.4, -0.2) is 20.5 Å². The molecule has 0 spiro atoms. The van der Waals surface area contributed by atoms with Gasteiger partial charge in [-0.15, -0.1) is 0 Å². The molecule has 19 heavy (non-hydrogen) atoms. The van der Waals surface area contributed by atoms with Crippen molar-refractivity contribution >= 4 is 11.6 Å². The van der Waals surface area contributed by atoms with Crippen molar-refractivity contribution in [2.45, 2.75) is 71.4 Å². The molecule has 2 unspecified atom stereocenters. The van der Waals surface area contributed by atoms with E-state index in [4.69, 9.17) is 11.6 Å². The Morgan fingerprint density at radius 3 is 2.84 bits per heavy atom. The molecule has 0 radical (unpaired) electrons. The average molecular weight is 285 g/mol. The number of rotatable bonds is 3. The monoisotopic (exact) mass is 284 g/mol. The summed E-state index contributed by atoms with van der Waals surface area (Å²) in [6.07, 6.45) is 5.82. The van der Waals surface area contributed by atoms with Gasteiger partial charge in [0.2, 0.25) is 0 Å². The van der Waals surface area contributed by atoms with Gasteiger partial charge in [-0.3, -0.25) is 4.68 Å². The topological polar surface area (TPSA) is 38.0 Å². The van der Waals surface area contributed by atoms with Gasteiger partial charge in [0.15, 0.2) is 0 Å². The summed E-state index contributed by atoms with van der Waals surface area (Å²) in [5, 5.41) is 16.0. The molecule has 3 nitrogen and oxygen atoms in total. The second kappa shape index (κ2) is 5.84. The molecular formula is C15H25ClN2O. The number of hydrogen-bond acceptors (Lipinski definition) is 2. The van der Waals surface area contributed by atoms with Crippen molar-refractivity contribution < 1.29 is 5.11 Å². The van der Waals surface area contributed by atoms with E-state index in [1.807, 2.05) is 11.6 Å². The van der Waals surface area contributed by atoms with Crippen molar-refractivity contribution in [2.75, 3.05) is 0 Å². The van der Waals surface area contributed by atoms with E-state index in [1.165, 1.54) is 6.42 Å². The average Bonchev–Trinajstić information content (AvgIpc) is 2.53. The number of aryl methyl sites for hydroxylation is 2. The van der Waals surface area contributed by atoms with E-state index in [0.29, 0.717) is 6.42 Å². The largest absolute Gasteiger partial charge is 0.389 e. The van der Waals surface area contributed by atoms with Crippen LogP contribution in [0, 0.1) is 12.8 Å². The van der Waals surface area contributed by atoms with Crippen LogP contribution in [0.25, 0.3) is 0 Å². The quantitative estimate of drug-likeness (QED) is 0.859. The van der Waals surface area contributed by atoms with E-state index in [0.717, 1.165) is 54.6 Å². The minimum absolute atomic E-state index is 0.603. The molecule has 1 N–H and O–H groups in total. The highest BCUT2D eigenvalue weighted by Crippen LogP contribution is 2.34. The first kappa shape index (κ1) is 14.9. The van der Waals surface area contributed by atoms with Crippen molar-refractivity contribution in [2.24, 2.45) is 5.92 Å². The van der Waals surface area contributed by atoms with Crippen LogP contribution in [0.4, 0.5) is 0 Å². The number of hydrogen-bond donors (Lipinski definition) is 1. The van der Waals surface area contributed by atoms with Crippen LogP contribution in [0.2, 0.25) is 5.02 Å².